The van der Waals surface area contributed by atoms with Crippen LogP contribution in [0.4, 0.5) is 0 Å². The van der Waals surface area contributed by atoms with Crippen molar-refractivity contribution in [3.05, 3.63) is 11.8 Å². The number of ketones is 1. The fourth-order valence-corrected chi connectivity index (χ4v) is 1.41. The molecule has 0 aromatic carbocycles. The van der Waals surface area contributed by atoms with Gasteiger partial charge in [0.05, 0.1) is 12.9 Å². The highest BCUT2D eigenvalue weighted by Gasteiger charge is 2.36. The number of allylic oxidation sites excluding steroid dienone is 1. The minimum atomic E-state index is -0.164. The van der Waals surface area contributed by atoms with E-state index in [-0.39, 0.29) is 11.2 Å². The molecule has 0 N–H and O–H groups in total. The lowest BCUT2D eigenvalue weighted by Gasteiger charge is -2.12. The lowest BCUT2D eigenvalue weighted by molar-refractivity contribution is -0.121. The van der Waals surface area contributed by atoms with Gasteiger partial charge >= 0.3 is 0 Å². The van der Waals surface area contributed by atoms with E-state index in [2.05, 4.69) is 0 Å². The number of hydrogen-bond acceptors (Lipinski definition) is 2. The van der Waals surface area contributed by atoms with E-state index < -0.39 is 0 Å². The zero-order chi connectivity index (χ0) is 9.19. The van der Waals surface area contributed by atoms with Crippen molar-refractivity contribution < 1.29 is 9.53 Å². The summed E-state index contributed by atoms with van der Waals surface area (Å²) in [5, 5.41) is 0. The van der Waals surface area contributed by atoms with Gasteiger partial charge in [-0.15, -0.1) is 0 Å². The molecule has 0 aliphatic heterocycles. The lowest BCUT2D eigenvalue weighted by Crippen LogP contribution is -2.17. The fourth-order valence-electron chi connectivity index (χ4n) is 1.41. The highest BCUT2D eigenvalue weighted by atomic mass is 16.5. The summed E-state index contributed by atoms with van der Waals surface area (Å²) in [6.07, 6.45) is 3.44. The summed E-state index contributed by atoms with van der Waals surface area (Å²) < 4.78 is 5.10. The van der Waals surface area contributed by atoms with Gasteiger partial charge in [0, 0.05) is 11.0 Å². The molecule has 1 aliphatic rings. The van der Waals surface area contributed by atoms with Crippen molar-refractivity contribution in [3.63, 3.8) is 0 Å². The first-order valence-corrected chi connectivity index (χ1v) is 4.43. The number of Topliss-reactive ketones (excluding diaryl/α,β-unsaturated/α-hetero) is 1. The topological polar surface area (TPSA) is 26.3 Å². The highest BCUT2D eigenvalue weighted by Crippen LogP contribution is 2.36. The van der Waals surface area contributed by atoms with Gasteiger partial charge in [-0.05, 0) is 19.8 Å². The molecular formula is C10H16O2. The lowest BCUT2D eigenvalue weighted by atomic mass is 9.90. The van der Waals surface area contributed by atoms with Gasteiger partial charge < -0.3 is 4.74 Å². The van der Waals surface area contributed by atoms with Crippen LogP contribution in [0.15, 0.2) is 11.8 Å². The average molecular weight is 168 g/mol. The van der Waals surface area contributed by atoms with Gasteiger partial charge in [-0.2, -0.15) is 0 Å². The highest BCUT2D eigenvalue weighted by molar-refractivity contribution is 6.01. The van der Waals surface area contributed by atoms with Gasteiger partial charge in [-0.3, -0.25) is 4.79 Å². The molecule has 1 aliphatic carbocycles. The minimum absolute atomic E-state index is 0.164. The van der Waals surface area contributed by atoms with E-state index in [4.69, 9.17) is 4.74 Å². The maximum absolute atomic E-state index is 11.6. The third-order valence-corrected chi connectivity index (χ3v) is 2.32. The van der Waals surface area contributed by atoms with E-state index in [0.29, 0.717) is 6.61 Å². The second-order valence-corrected chi connectivity index (χ2v) is 3.81. The normalized spacial score (nSPS) is 24.9. The molecule has 2 heteroatoms. The van der Waals surface area contributed by atoms with Crippen LogP contribution < -0.4 is 0 Å². The molecule has 0 heterocycles. The second kappa shape index (κ2) is 3.30. The molecule has 1 rings (SSSR count). The Kier molecular flexibility index (Phi) is 2.55. The first-order chi connectivity index (χ1) is 5.58. The van der Waals surface area contributed by atoms with Crippen LogP contribution in [0.1, 0.15) is 33.6 Å². The predicted molar refractivity (Wildman–Crippen MR) is 47.7 cm³/mol. The largest absolute Gasteiger partial charge is 0.501 e. The van der Waals surface area contributed by atoms with Crippen molar-refractivity contribution >= 4 is 5.78 Å². The van der Waals surface area contributed by atoms with Crippen molar-refractivity contribution in [1.82, 2.24) is 0 Å². The fraction of sp³-hybridized carbons (Fsp3) is 0.700. The zero-order valence-electron chi connectivity index (χ0n) is 8.02. The van der Waals surface area contributed by atoms with Crippen LogP contribution in [0.5, 0.6) is 0 Å². The monoisotopic (exact) mass is 168 g/mol. The van der Waals surface area contributed by atoms with E-state index in [9.17, 15) is 4.79 Å². The Morgan fingerprint density at radius 3 is 2.67 bits per heavy atom. The van der Waals surface area contributed by atoms with Crippen molar-refractivity contribution in [1.29, 1.82) is 0 Å². The Balaban J connectivity index is 2.67. The molecule has 0 spiro atoms. The molecule has 0 radical (unpaired) electrons. The quantitative estimate of drug-likeness (QED) is 0.467. The molecule has 0 bridgehead atoms. The molecule has 0 saturated heterocycles. The number of ether oxygens (including phenoxy) is 1. The average Bonchev–Trinajstić information content (AvgIpc) is 2.26. The van der Waals surface area contributed by atoms with Gasteiger partial charge in [-0.25, -0.2) is 0 Å². The first-order valence-electron chi connectivity index (χ1n) is 4.43. The van der Waals surface area contributed by atoms with Crippen LogP contribution in [0.3, 0.4) is 0 Å². The zero-order valence-corrected chi connectivity index (χ0v) is 8.02. The molecule has 1 fully saturated rings. The number of carbonyl (C=O) groups excluding carboxylic acids is 1. The predicted octanol–water partition coefficient (Wildman–Crippen LogP) is 2.30. The smallest absolute Gasteiger partial charge is 0.167 e. The van der Waals surface area contributed by atoms with Crippen LogP contribution in [0.2, 0.25) is 0 Å². The molecule has 0 amide bonds. The third kappa shape index (κ3) is 1.68. The number of carbonyl (C=O) groups is 1. The maximum atomic E-state index is 11.6. The molecule has 1 saturated carbocycles. The van der Waals surface area contributed by atoms with Gasteiger partial charge in [0.25, 0.3) is 0 Å². The summed E-state index contributed by atoms with van der Waals surface area (Å²) in [6, 6.07) is 0. The van der Waals surface area contributed by atoms with Gasteiger partial charge in [0.1, 0.15) is 0 Å². The van der Waals surface area contributed by atoms with E-state index in [0.717, 1.165) is 18.4 Å². The van der Waals surface area contributed by atoms with Crippen molar-refractivity contribution in [2.75, 3.05) is 6.61 Å². The standard InChI is InChI=1S/C10H16O2/c1-4-12-7-8-5-6-10(2,3)9(8)11/h7H,4-6H2,1-3H3/b8-7-. The third-order valence-electron chi connectivity index (χ3n) is 2.32. The molecule has 2 nitrogen and oxygen atoms in total. The summed E-state index contributed by atoms with van der Waals surface area (Å²) in [5.74, 6) is 0.246. The van der Waals surface area contributed by atoms with E-state index in [1.165, 1.54) is 0 Å². The van der Waals surface area contributed by atoms with E-state index in [1.807, 2.05) is 20.8 Å². The van der Waals surface area contributed by atoms with Crippen LogP contribution in [-0.4, -0.2) is 12.4 Å². The Labute approximate surface area is 73.6 Å². The van der Waals surface area contributed by atoms with Crippen molar-refractivity contribution in [2.45, 2.75) is 33.6 Å². The number of rotatable bonds is 2. The molecule has 68 valence electrons. The van der Waals surface area contributed by atoms with Gasteiger partial charge in [0.2, 0.25) is 0 Å². The molecule has 0 aromatic heterocycles. The van der Waals surface area contributed by atoms with Crippen molar-refractivity contribution in [3.8, 4) is 0 Å². The number of hydrogen-bond donors (Lipinski definition) is 0. The Hall–Kier alpha value is -0.790. The molecule has 0 atom stereocenters. The second-order valence-electron chi connectivity index (χ2n) is 3.81. The summed E-state index contributed by atoms with van der Waals surface area (Å²) in [5.41, 5.74) is 0.685. The van der Waals surface area contributed by atoms with E-state index in [1.54, 1.807) is 6.26 Å². The summed E-state index contributed by atoms with van der Waals surface area (Å²) >= 11 is 0. The Morgan fingerprint density at radius 2 is 2.25 bits per heavy atom. The SMILES string of the molecule is CCO/C=C1/CCC(C)(C)C1=O. The molecule has 12 heavy (non-hydrogen) atoms. The van der Waals surface area contributed by atoms with E-state index >= 15 is 0 Å². The molecular weight excluding hydrogens is 152 g/mol. The summed E-state index contributed by atoms with van der Waals surface area (Å²) in [7, 11) is 0. The minimum Gasteiger partial charge on any atom is -0.501 e. The molecule has 0 aromatic rings. The first kappa shape index (κ1) is 9.30. The van der Waals surface area contributed by atoms with Gasteiger partial charge in [0.15, 0.2) is 5.78 Å². The van der Waals surface area contributed by atoms with Crippen LogP contribution in [-0.2, 0) is 9.53 Å². The van der Waals surface area contributed by atoms with Crippen LogP contribution in [0.25, 0.3) is 0 Å². The van der Waals surface area contributed by atoms with Gasteiger partial charge in [-0.1, -0.05) is 13.8 Å². The van der Waals surface area contributed by atoms with Crippen molar-refractivity contribution in [2.24, 2.45) is 5.41 Å². The van der Waals surface area contributed by atoms with Crippen LogP contribution in [0, 0.1) is 5.41 Å². The summed E-state index contributed by atoms with van der Waals surface area (Å²) in [4.78, 5) is 11.6. The summed E-state index contributed by atoms with van der Waals surface area (Å²) in [6.45, 7) is 6.53. The Bertz CT molecular complexity index is 214. The Morgan fingerprint density at radius 1 is 1.58 bits per heavy atom. The maximum Gasteiger partial charge on any atom is 0.167 e. The van der Waals surface area contributed by atoms with Crippen LogP contribution >= 0.6 is 0 Å². The molecule has 0 unspecified atom stereocenters.